The highest BCUT2D eigenvalue weighted by molar-refractivity contribution is 6.19. The van der Waals surface area contributed by atoms with Gasteiger partial charge in [-0.05, 0) is 42.7 Å². The van der Waals surface area contributed by atoms with Gasteiger partial charge in [-0.1, -0.05) is 44.2 Å². The molecule has 2 amide bonds. The largest absolute Gasteiger partial charge is 0.497 e. The van der Waals surface area contributed by atoms with Gasteiger partial charge in [0.2, 0.25) is 5.91 Å². The SMILES string of the molecule is COC(=O)[C@@H](NC(=O)/C(C)=C1/C(=O)N(c2ccc(OC)cc2)C1c1ccccc1)C(C)C. The molecule has 0 aliphatic carbocycles. The van der Waals surface area contributed by atoms with Gasteiger partial charge < -0.3 is 14.8 Å². The van der Waals surface area contributed by atoms with Gasteiger partial charge in [0.15, 0.2) is 0 Å². The van der Waals surface area contributed by atoms with E-state index in [9.17, 15) is 14.4 Å². The lowest BCUT2D eigenvalue weighted by molar-refractivity contribution is -0.145. The number of carbonyl (C=O) groups excluding carboxylic acids is 3. The third kappa shape index (κ3) is 4.37. The molecule has 0 saturated carbocycles. The summed E-state index contributed by atoms with van der Waals surface area (Å²) in [6.07, 6.45) is 0. The van der Waals surface area contributed by atoms with Crippen molar-refractivity contribution in [2.75, 3.05) is 19.1 Å². The molecule has 1 fully saturated rings. The van der Waals surface area contributed by atoms with Gasteiger partial charge in [0.1, 0.15) is 11.8 Å². The fraction of sp³-hybridized carbons (Fsp3) is 0.320. The van der Waals surface area contributed by atoms with Crippen LogP contribution in [0.25, 0.3) is 0 Å². The highest BCUT2D eigenvalue weighted by atomic mass is 16.5. The smallest absolute Gasteiger partial charge is 0.328 e. The molecule has 1 unspecified atom stereocenters. The molecule has 1 aliphatic heterocycles. The van der Waals surface area contributed by atoms with Crippen molar-refractivity contribution in [2.45, 2.75) is 32.9 Å². The molecule has 1 saturated heterocycles. The van der Waals surface area contributed by atoms with Gasteiger partial charge in [-0.3, -0.25) is 14.5 Å². The number of rotatable bonds is 7. The number of hydrogen-bond donors (Lipinski definition) is 1. The summed E-state index contributed by atoms with van der Waals surface area (Å²) in [6.45, 7) is 5.24. The molecule has 0 bridgehead atoms. The Morgan fingerprint density at radius 1 is 1.00 bits per heavy atom. The monoisotopic (exact) mass is 436 g/mol. The van der Waals surface area contributed by atoms with Gasteiger partial charge in [0, 0.05) is 11.3 Å². The van der Waals surface area contributed by atoms with E-state index in [4.69, 9.17) is 9.47 Å². The zero-order chi connectivity index (χ0) is 23.4. The van der Waals surface area contributed by atoms with Crippen LogP contribution < -0.4 is 15.0 Å². The average Bonchev–Trinajstić information content (AvgIpc) is 2.80. The quantitative estimate of drug-likeness (QED) is 0.408. The molecule has 2 aromatic rings. The van der Waals surface area contributed by atoms with E-state index in [0.29, 0.717) is 17.0 Å². The number of nitrogens with zero attached hydrogens (tertiary/aromatic N) is 1. The molecule has 0 spiro atoms. The highest BCUT2D eigenvalue weighted by Gasteiger charge is 2.46. The first-order valence-electron chi connectivity index (χ1n) is 10.4. The van der Waals surface area contributed by atoms with E-state index < -0.39 is 24.0 Å². The standard InChI is InChI=1S/C25H28N2O5/c1-15(2)21(25(30)32-5)26-23(28)16(3)20-22(17-9-7-6-8-10-17)27(24(20)29)18-11-13-19(31-4)14-12-18/h6-15,21-22H,1-5H3,(H,26,28)/b20-16+/t21-,22?/m0/s1. The Labute approximate surface area is 188 Å². The zero-order valence-corrected chi connectivity index (χ0v) is 18.9. The second-order valence-corrected chi connectivity index (χ2v) is 7.94. The summed E-state index contributed by atoms with van der Waals surface area (Å²) in [5.41, 5.74) is 2.27. The van der Waals surface area contributed by atoms with Crippen LogP contribution in [0.1, 0.15) is 32.4 Å². The maximum atomic E-state index is 13.2. The van der Waals surface area contributed by atoms with Gasteiger partial charge in [0.25, 0.3) is 5.91 Å². The van der Waals surface area contributed by atoms with Gasteiger partial charge >= 0.3 is 5.97 Å². The average molecular weight is 437 g/mol. The second kappa shape index (κ2) is 9.68. The number of esters is 1. The molecule has 32 heavy (non-hydrogen) atoms. The van der Waals surface area contributed by atoms with Gasteiger partial charge in [0.05, 0.1) is 25.8 Å². The minimum Gasteiger partial charge on any atom is -0.497 e. The van der Waals surface area contributed by atoms with E-state index in [1.54, 1.807) is 31.1 Å². The van der Waals surface area contributed by atoms with Crippen molar-refractivity contribution in [3.05, 3.63) is 71.3 Å². The predicted octanol–water partition coefficient (Wildman–Crippen LogP) is 3.41. The zero-order valence-electron chi connectivity index (χ0n) is 18.9. The molecule has 1 aliphatic rings. The number of ether oxygens (including phenoxy) is 2. The van der Waals surface area contributed by atoms with Crippen LogP contribution in [0.3, 0.4) is 0 Å². The van der Waals surface area contributed by atoms with Crippen LogP contribution in [0, 0.1) is 5.92 Å². The third-order valence-electron chi connectivity index (χ3n) is 5.60. The van der Waals surface area contributed by atoms with Crippen LogP contribution in [-0.2, 0) is 19.1 Å². The molecule has 1 heterocycles. The van der Waals surface area contributed by atoms with Crippen molar-refractivity contribution in [1.29, 1.82) is 0 Å². The number of β-lactam (4-membered cyclic amide) rings is 1. The minimum atomic E-state index is -0.800. The van der Waals surface area contributed by atoms with Crippen LogP contribution in [0.15, 0.2) is 65.7 Å². The van der Waals surface area contributed by atoms with Crippen LogP contribution in [0.2, 0.25) is 0 Å². The topological polar surface area (TPSA) is 84.9 Å². The fourth-order valence-electron chi connectivity index (χ4n) is 3.75. The molecule has 168 valence electrons. The molecular formula is C25H28N2O5. The summed E-state index contributed by atoms with van der Waals surface area (Å²) in [4.78, 5) is 39.9. The Morgan fingerprint density at radius 2 is 1.62 bits per heavy atom. The maximum Gasteiger partial charge on any atom is 0.328 e. The first-order chi connectivity index (χ1) is 15.3. The lowest BCUT2D eigenvalue weighted by atomic mass is 9.84. The molecule has 0 aromatic heterocycles. The maximum absolute atomic E-state index is 13.2. The number of benzene rings is 2. The van der Waals surface area contributed by atoms with Crippen molar-refractivity contribution in [2.24, 2.45) is 5.92 Å². The summed E-state index contributed by atoms with van der Waals surface area (Å²) < 4.78 is 10.0. The predicted molar refractivity (Wildman–Crippen MR) is 121 cm³/mol. The first-order valence-corrected chi connectivity index (χ1v) is 10.4. The molecule has 3 rings (SSSR count). The molecule has 7 heteroatoms. The highest BCUT2D eigenvalue weighted by Crippen LogP contribution is 2.44. The summed E-state index contributed by atoms with van der Waals surface area (Å²) in [6, 6.07) is 15.5. The van der Waals surface area contributed by atoms with E-state index in [2.05, 4.69) is 5.32 Å². The minimum absolute atomic E-state index is 0.165. The number of hydrogen-bond acceptors (Lipinski definition) is 5. The van der Waals surface area contributed by atoms with E-state index in [1.807, 2.05) is 56.3 Å². The number of nitrogens with one attached hydrogen (secondary N) is 1. The lowest BCUT2D eigenvalue weighted by Gasteiger charge is -2.44. The molecular weight excluding hydrogens is 408 g/mol. The summed E-state index contributed by atoms with van der Waals surface area (Å²) in [5.74, 6) is -0.719. The second-order valence-electron chi connectivity index (χ2n) is 7.94. The number of methoxy groups -OCH3 is 2. The van der Waals surface area contributed by atoms with Crippen molar-refractivity contribution in [1.82, 2.24) is 5.32 Å². The van der Waals surface area contributed by atoms with Crippen LogP contribution in [0.5, 0.6) is 5.75 Å². The Bertz CT molecular complexity index is 1030. The number of carbonyl (C=O) groups is 3. The third-order valence-corrected chi connectivity index (χ3v) is 5.60. The van der Waals surface area contributed by atoms with Gasteiger partial charge in [-0.25, -0.2) is 4.79 Å². The molecule has 2 atom stereocenters. The van der Waals surface area contributed by atoms with Gasteiger partial charge in [-0.15, -0.1) is 0 Å². The van der Waals surface area contributed by atoms with Crippen LogP contribution >= 0.6 is 0 Å². The van der Waals surface area contributed by atoms with E-state index >= 15 is 0 Å². The van der Waals surface area contributed by atoms with Crippen molar-refractivity contribution in [3.63, 3.8) is 0 Å². The molecule has 1 N–H and O–H groups in total. The van der Waals surface area contributed by atoms with E-state index in [0.717, 1.165) is 5.56 Å². The Hall–Kier alpha value is -3.61. The van der Waals surface area contributed by atoms with Crippen molar-refractivity contribution < 1.29 is 23.9 Å². The summed E-state index contributed by atoms with van der Waals surface area (Å²) in [7, 11) is 2.86. The Balaban J connectivity index is 1.98. The van der Waals surface area contributed by atoms with Crippen molar-refractivity contribution >= 4 is 23.5 Å². The Morgan fingerprint density at radius 3 is 2.16 bits per heavy atom. The normalized spacial score (nSPS) is 18.0. The molecule has 7 nitrogen and oxygen atoms in total. The molecule has 2 aromatic carbocycles. The summed E-state index contributed by atoms with van der Waals surface area (Å²) in [5, 5.41) is 2.72. The summed E-state index contributed by atoms with van der Waals surface area (Å²) >= 11 is 0. The van der Waals surface area contributed by atoms with Gasteiger partial charge in [-0.2, -0.15) is 0 Å². The van der Waals surface area contributed by atoms with Crippen LogP contribution in [-0.4, -0.2) is 38.0 Å². The van der Waals surface area contributed by atoms with Crippen LogP contribution in [0.4, 0.5) is 5.69 Å². The van der Waals surface area contributed by atoms with E-state index in [-0.39, 0.29) is 17.4 Å². The first kappa shape index (κ1) is 23.1. The molecule has 0 radical (unpaired) electrons. The lowest BCUT2D eigenvalue weighted by Crippen LogP contribution is -2.52. The number of anilines is 1. The number of amides is 2. The van der Waals surface area contributed by atoms with Crippen molar-refractivity contribution in [3.8, 4) is 5.75 Å². The van der Waals surface area contributed by atoms with E-state index in [1.165, 1.54) is 7.11 Å². The fourth-order valence-corrected chi connectivity index (χ4v) is 3.75. The Kier molecular flexibility index (Phi) is 6.98.